The van der Waals surface area contributed by atoms with Gasteiger partial charge in [0.25, 0.3) is 0 Å². The fourth-order valence-electron chi connectivity index (χ4n) is 5.83. The van der Waals surface area contributed by atoms with Gasteiger partial charge in [-0.25, -0.2) is 13.6 Å². The van der Waals surface area contributed by atoms with E-state index in [0.29, 0.717) is 17.0 Å². The van der Waals surface area contributed by atoms with E-state index < -0.39 is 47.1 Å². The van der Waals surface area contributed by atoms with Crippen LogP contribution in [-0.4, -0.2) is 39.1 Å². The molecule has 2 N–H and O–H groups in total. The predicted octanol–water partition coefficient (Wildman–Crippen LogP) is 4.72. The maximum Gasteiger partial charge on any atom is 0.338 e. The lowest BCUT2D eigenvalue weighted by atomic mass is 9.67. The molecule has 0 bridgehead atoms. The lowest BCUT2D eigenvalue weighted by molar-refractivity contribution is -0.150. The second kappa shape index (κ2) is 11.5. The molecule has 2 aliphatic rings. The number of carbonyl (C=O) groups is 3. The number of nitrogens with two attached hydrogens (primary N) is 1. The Morgan fingerprint density at radius 1 is 0.929 bits per heavy atom. The SMILES string of the molecule is COC(=O)C1=C(N)N(c2cccc(F)c2)C2=C(C(=O)[C@H](C(=O)OC)[C@H](c3ccc(OC)cc3)C2)[C@@H]1c1ccccc1F. The number of benzene rings is 3. The molecule has 10 heteroatoms. The molecule has 8 nitrogen and oxygen atoms in total. The van der Waals surface area contributed by atoms with Crippen LogP contribution in [0.4, 0.5) is 14.5 Å². The number of rotatable bonds is 6. The lowest BCUT2D eigenvalue weighted by Crippen LogP contribution is -2.46. The molecule has 3 aromatic carbocycles. The monoisotopic (exact) mass is 574 g/mol. The number of ketones is 1. The number of halogens is 2. The van der Waals surface area contributed by atoms with Crippen LogP contribution in [0.5, 0.6) is 5.75 Å². The summed E-state index contributed by atoms with van der Waals surface area (Å²) in [6, 6.07) is 18.0. The van der Waals surface area contributed by atoms with Crippen molar-refractivity contribution in [1.82, 2.24) is 0 Å². The Balaban J connectivity index is 1.83. The smallest absolute Gasteiger partial charge is 0.338 e. The van der Waals surface area contributed by atoms with Crippen LogP contribution in [0.15, 0.2) is 95.5 Å². The second-order valence-corrected chi connectivity index (χ2v) is 9.87. The van der Waals surface area contributed by atoms with E-state index in [4.69, 9.17) is 19.9 Å². The number of nitrogens with zero attached hydrogens (tertiary/aromatic N) is 1. The van der Waals surface area contributed by atoms with E-state index >= 15 is 4.39 Å². The molecule has 0 aromatic heterocycles. The van der Waals surface area contributed by atoms with Gasteiger partial charge < -0.3 is 19.9 Å². The Labute approximate surface area is 241 Å². The van der Waals surface area contributed by atoms with Crippen LogP contribution in [0.25, 0.3) is 0 Å². The third-order valence-electron chi connectivity index (χ3n) is 7.73. The van der Waals surface area contributed by atoms with Gasteiger partial charge in [-0.3, -0.25) is 14.5 Å². The van der Waals surface area contributed by atoms with Crippen molar-refractivity contribution in [1.29, 1.82) is 0 Å². The van der Waals surface area contributed by atoms with Crippen LogP contribution < -0.4 is 15.4 Å². The van der Waals surface area contributed by atoms with E-state index in [1.165, 1.54) is 55.5 Å². The molecule has 1 aliphatic heterocycles. The summed E-state index contributed by atoms with van der Waals surface area (Å²) in [4.78, 5) is 42.5. The molecule has 0 fully saturated rings. The molecule has 3 aromatic rings. The van der Waals surface area contributed by atoms with Crippen molar-refractivity contribution < 1.29 is 37.4 Å². The van der Waals surface area contributed by atoms with Crippen LogP contribution in [0.2, 0.25) is 0 Å². The molecule has 3 atom stereocenters. The van der Waals surface area contributed by atoms with Crippen LogP contribution in [0.1, 0.15) is 29.4 Å². The molecule has 0 saturated carbocycles. The molecule has 0 spiro atoms. The normalized spacial score (nSPS) is 20.3. The summed E-state index contributed by atoms with van der Waals surface area (Å²) in [5.74, 6) is -6.61. The van der Waals surface area contributed by atoms with Gasteiger partial charge in [0.15, 0.2) is 5.78 Å². The number of esters is 2. The predicted molar refractivity (Wildman–Crippen MR) is 149 cm³/mol. The third kappa shape index (κ3) is 4.78. The molecule has 42 heavy (non-hydrogen) atoms. The highest BCUT2D eigenvalue weighted by Crippen LogP contribution is 2.52. The van der Waals surface area contributed by atoms with Crippen molar-refractivity contribution in [3.63, 3.8) is 0 Å². The number of carbonyl (C=O) groups excluding carboxylic acids is 3. The van der Waals surface area contributed by atoms with Gasteiger partial charge in [0, 0.05) is 22.8 Å². The first-order valence-corrected chi connectivity index (χ1v) is 13.1. The summed E-state index contributed by atoms with van der Waals surface area (Å²) < 4.78 is 45.3. The van der Waals surface area contributed by atoms with Crippen molar-refractivity contribution in [2.24, 2.45) is 11.7 Å². The number of hydrogen-bond acceptors (Lipinski definition) is 8. The largest absolute Gasteiger partial charge is 0.497 e. The van der Waals surface area contributed by atoms with E-state index in [0.717, 1.165) is 7.11 Å². The van der Waals surface area contributed by atoms with Crippen molar-refractivity contribution in [3.8, 4) is 5.75 Å². The zero-order valence-corrected chi connectivity index (χ0v) is 23.1. The van der Waals surface area contributed by atoms with Crippen LogP contribution in [0, 0.1) is 17.6 Å². The van der Waals surface area contributed by atoms with E-state index in [1.54, 1.807) is 36.4 Å². The van der Waals surface area contributed by atoms with Crippen LogP contribution >= 0.6 is 0 Å². The minimum absolute atomic E-state index is 0.00731. The molecule has 1 aliphatic carbocycles. The first kappa shape index (κ1) is 28.5. The lowest BCUT2D eigenvalue weighted by Gasteiger charge is -2.44. The van der Waals surface area contributed by atoms with Gasteiger partial charge in [-0.05, 0) is 48.4 Å². The number of methoxy groups -OCH3 is 3. The summed E-state index contributed by atoms with van der Waals surface area (Å²) in [5.41, 5.74) is 7.57. The Hall–Kier alpha value is -4.99. The molecule has 216 valence electrons. The minimum atomic E-state index is -1.33. The van der Waals surface area contributed by atoms with Gasteiger partial charge in [-0.15, -0.1) is 0 Å². The first-order valence-electron chi connectivity index (χ1n) is 13.1. The molecule has 0 unspecified atom stereocenters. The summed E-state index contributed by atoms with van der Waals surface area (Å²) in [7, 11) is 3.83. The third-order valence-corrected chi connectivity index (χ3v) is 7.73. The Morgan fingerprint density at radius 2 is 1.64 bits per heavy atom. The summed E-state index contributed by atoms with van der Waals surface area (Å²) in [6.07, 6.45) is 0.0454. The summed E-state index contributed by atoms with van der Waals surface area (Å²) >= 11 is 0. The number of Topliss-reactive ketones (excluding diaryl/α,β-unsaturated/α-hetero) is 1. The van der Waals surface area contributed by atoms with Crippen LogP contribution in [-0.2, 0) is 23.9 Å². The van der Waals surface area contributed by atoms with Crippen LogP contribution in [0.3, 0.4) is 0 Å². The molecular weight excluding hydrogens is 546 g/mol. The van der Waals surface area contributed by atoms with Crippen molar-refractivity contribution in [3.05, 3.63) is 118 Å². The molecular formula is C32H28F2N2O6. The standard InChI is InChI=1S/C32H28F2N2O6/c1-40-20-13-11-17(12-14-20)22-16-24-27(29(37)26(22)31(38)41-2)25(21-9-4-5-10-23(21)34)28(32(39)42-3)30(35)36(24)19-8-6-7-18(33)15-19/h4-15,22,25-26H,16,35H2,1-3H3/t22-,25-,26+/m0/s1. The average Bonchev–Trinajstić information content (AvgIpc) is 3.00. The fraction of sp³-hybridized carbons (Fsp3) is 0.219. The van der Waals surface area contributed by atoms with Crippen molar-refractivity contribution >= 4 is 23.4 Å². The Kier molecular flexibility index (Phi) is 7.80. The quantitative estimate of drug-likeness (QED) is 0.333. The van der Waals surface area contributed by atoms with Crippen molar-refractivity contribution in [2.45, 2.75) is 18.3 Å². The molecule has 0 amide bonds. The van der Waals surface area contributed by atoms with Gasteiger partial charge in [0.2, 0.25) is 0 Å². The molecule has 0 radical (unpaired) electrons. The fourth-order valence-corrected chi connectivity index (χ4v) is 5.83. The molecule has 0 saturated heterocycles. The second-order valence-electron chi connectivity index (χ2n) is 9.87. The highest BCUT2D eigenvalue weighted by atomic mass is 19.1. The van der Waals surface area contributed by atoms with E-state index in [9.17, 15) is 18.8 Å². The number of allylic oxidation sites excluding steroid dienone is 2. The highest BCUT2D eigenvalue weighted by molar-refractivity contribution is 6.14. The Bertz CT molecular complexity index is 1630. The number of ether oxygens (including phenoxy) is 3. The zero-order chi connectivity index (χ0) is 30.1. The van der Waals surface area contributed by atoms with E-state index in [2.05, 4.69) is 0 Å². The zero-order valence-electron chi connectivity index (χ0n) is 23.1. The summed E-state index contributed by atoms with van der Waals surface area (Å²) in [6.45, 7) is 0. The highest BCUT2D eigenvalue weighted by Gasteiger charge is 2.51. The first-order chi connectivity index (χ1) is 20.2. The molecule has 1 heterocycles. The Morgan fingerprint density at radius 3 is 2.26 bits per heavy atom. The number of hydrogen-bond donors (Lipinski definition) is 1. The van der Waals surface area contributed by atoms with Gasteiger partial charge in [0.05, 0.1) is 38.5 Å². The maximum atomic E-state index is 15.4. The average molecular weight is 575 g/mol. The van der Waals surface area contributed by atoms with E-state index in [-0.39, 0.29) is 34.6 Å². The number of anilines is 1. The van der Waals surface area contributed by atoms with Gasteiger partial charge in [-0.1, -0.05) is 36.4 Å². The van der Waals surface area contributed by atoms with Crippen molar-refractivity contribution in [2.75, 3.05) is 26.2 Å². The summed E-state index contributed by atoms with van der Waals surface area (Å²) in [5, 5.41) is 0. The van der Waals surface area contributed by atoms with Gasteiger partial charge >= 0.3 is 11.9 Å². The van der Waals surface area contributed by atoms with Gasteiger partial charge in [0.1, 0.15) is 29.1 Å². The minimum Gasteiger partial charge on any atom is -0.497 e. The maximum absolute atomic E-state index is 15.4. The van der Waals surface area contributed by atoms with E-state index in [1.807, 2.05) is 0 Å². The molecule has 5 rings (SSSR count). The topological polar surface area (TPSA) is 108 Å². The van der Waals surface area contributed by atoms with Gasteiger partial charge in [-0.2, -0.15) is 0 Å².